The molecule has 1 aliphatic rings. The molecule has 0 unspecified atom stereocenters. The van der Waals surface area contributed by atoms with Gasteiger partial charge in [-0.15, -0.1) is 0 Å². The number of ether oxygens (including phenoxy) is 2. The third kappa shape index (κ3) is 4.13. The van der Waals surface area contributed by atoms with E-state index in [1.54, 1.807) is 24.3 Å². The van der Waals surface area contributed by atoms with E-state index < -0.39 is 42.2 Å². The lowest BCUT2D eigenvalue weighted by Crippen LogP contribution is -2.45. The van der Waals surface area contributed by atoms with Gasteiger partial charge in [0.05, 0.1) is 5.41 Å². The fourth-order valence-electron chi connectivity index (χ4n) is 3.45. The van der Waals surface area contributed by atoms with E-state index in [0.29, 0.717) is 5.56 Å². The van der Waals surface area contributed by atoms with Gasteiger partial charge in [0.2, 0.25) is 5.79 Å². The number of halogens is 4. The number of aliphatic carboxylic acids is 1. The fourth-order valence-corrected chi connectivity index (χ4v) is 3.45. The lowest BCUT2D eigenvalue weighted by Gasteiger charge is -2.33. The zero-order valence-corrected chi connectivity index (χ0v) is 18.3. The van der Waals surface area contributed by atoms with Crippen molar-refractivity contribution in [3.05, 3.63) is 70.8 Å². The van der Waals surface area contributed by atoms with Crippen molar-refractivity contribution in [3.8, 4) is 0 Å². The summed E-state index contributed by atoms with van der Waals surface area (Å²) in [6, 6.07) is 12.6. The predicted octanol–water partition coefficient (Wildman–Crippen LogP) is 5.69. The first kappa shape index (κ1) is 24.2. The minimum atomic E-state index is -4.42. The zero-order valence-electron chi connectivity index (χ0n) is 18.3. The van der Waals surface area contributed by atoms with Crippen LogP contribution in [0.2, 0.25) is 0 Å². The van der Waals surface area contributed by atoms with Gasteiger partial charge in [0.25, 0.3) is 0 Å². The maximum absolute atomic E-state index is 14.1. The monoisotopic (exact) mass is 454 g/mol. The van der Waals surface area contributed by atoms with Crippen molar-refractivity contribution in [1.82, 2.24) is 0 Å². The molecular formula is C24H26F4O4. The molecule has 4 nitrogen and oxygen atoms in total. The second-order valence-electron chi connectivity index (χ2n) is 8.89. The summed E-state index contributed by atoms with van der Waals surface area (Å²) >= 11 is 0. The van der Waals surface area contributed by atoms with E-state index in [1.807, 2.05) is 13.8 Å². The Hall–Kier alpha value is -2.45. The van der Waals surface area contributed by atoms with Crippen molar-refractivity contribution in [2.24, 2.45) is 0 Å². The van der Waals surface area contributed by atoms with Gasteiger partial charge in [-0.25, -0.2) is 0 Å². The number of alkyl halides is 4. The summed E-state index contributed by atoms with van der Waals surface area (Å²) < 4.78 is 67.1. The summed E-state index contributed by atoms with van der Waals surface area (Å²) in [4.78, 5) is 11.6. The number of carboxylic acids is 1. The highest BCUT2D eigenvalue weighted by atomic mass is 19.3. The van der Waals surface area contributed by atoms with Crippen molar-refractivity contribution < 1.29 is 36.9 Å². The molecule has 0 radical (unpaired) electrons. The third-order valence-corrected chi connectivity index (χ3v) is 5.93. The molecule has 0 amide bonds. The average Bonchev–Trinajstić information content (AvgIpc) is 2.83. The molecule has 0 spiro atoms. The van der Waals surface area contributed by atoms with Crippen molar-refractivity contribution in [3.63, 3.8) is 0 Å². The minimum absolute atomic E-state index is 0.196. The van der Waals surface area contributed by atoms with Gasteiger partial charge in [-0.3, -0.25) is 4.79 Å². The number of carbonyl (C=O) groups is 1. The van der Waals surface area contributed by atoms with E-state index >= 15 is 0 Å². The van der Waals surface area contributed by atoms with E-state index in [1.165, 1.54) is 38.1 Å². The van der Waals surface area contributed by atoms with E-state index in [0.717, 1.165) is 5.56 Å². The van der Waals surface area contributed by atoms with Crippen molar-refractivity contribution in [1.29, 1.82) is 0 Å². The molecule has 1 saturated heterocycles. The normalized spacial score (nSPS) is 20.0. The first-order chi connectivity index (χ1) is 14.7. The summed E-state index contributed by atoms with van der Waals surface area (Å²) in [5.41, 5.74) is 0.680. The van der Waals surface area contributed by atoms with Crippen LogP contribution >= 0.6 is 0 Å². The lowest BCUT2D eigenvalue weighted by molar-refractivity contribution is -0.222. The van der Waals surface area contributed by atoms with E-state index in [9.17, 15) is 27.5 Å². The molecule has 1 aliphatic heterocycles. The third-order valence-electron chi connectivity index (χ3n) is 5.93. The Morgan fingerprint density at radius 1 is 0.875 bits per heavy atom. The largest absolute Gasteiger partial charge is 0.481 e. The number of carboxylic acid groups (broad SMARTS) is 1. The second-order valence-corrected chi connectivity index (χ2v) is 8.89. The van der Waals surface area contributed by atoms with Crippen LogP contribution in [-0.2, 0) is 25.5 Å². The Balaban J connectivity index is 2.12. The van der Waals surface area contributed by atoms with Gasteiger partial charge in [0, 0.05) is 11.1 Å². The van der Waals surface area contributed by atoms with E-state index in [-0.39, 0.29) is 17.0 Å². The van der Waals surface area contributed by atoms with Gasteiger partial charge in [-0.1, -0.05) is 62.4 Å². The molecule has 0 aliphatic carbocycles. The lowest BCUT2D eigenvalue weighted by atomic mass is 9.83. The summed E-state index contributed by atoms with van der Waals surface area (Å²) in [5.74, 6) is -11.7. The van der Waals surface area contributed by atoms with Gasteiger partial charge in [-0.05, 0) is 30.9 Å². The highest BCUT2D eigenvalue weighted by Crippen LogP contribution is 2.45. The molecule has 0 bridgehead atoms. The maximum Gasteiger partial charge on any atom is 0.335 e. The smallest absolute Gasteiger partial charge is 0.335 e. The van der Waals surface area contributed by atoms with Crippen molar-refractivity contribution in [2.75, 3.05) is 13.2 Å². The highest BCUT2D eigenvalue weighted by molar-refractivity contribution is 5.80. The molecule has 0 saturated carbocycles. The first-order valence-electron chi connectivity index (χ1n) is 10.2. The van der Waals surface area contributed by atoms with Crippen LogP contribution < -0.4 is 0 Å². The van der Waals surface area contributed by atoms with Crippen molar-refractivity contribution in [2.45, 2.75) is 56.7 Å². The Morgan fingerprint density at radius 2 is 1.28 bits per heavy atom. The van der Waals surface area contributed by atoms with Crippen LogP contribution in [0.15, 0.2) is 48.5 Å². The molecule has 8 heteroatoms. The Labute approximate surface area is 184 Å². The highest BCUT2D eigenvalue weighted by Gasteiger charge is 2.61. The van der Waals surface area contributed by atoms with E-state index in [4.69, 9.17) is 9.47 Å². The number of rotatable bonds is 5. The van der Waals surface area contributed by atoms with Gasteiger partial charge in [0.15, 0.2) is 0 Å². The molecule has 174 valence electrons. The van der Waals surface area contributed by atoms with Crippen LogP contribution in [0, 0.1) is 0 Å². The summed E-state index contributed by atoms with van der Waals surface area (Å²) in [5, 5.41) is 9.45. The second kappa shape index (κ2) is 8.15. The standard InChI is InChI=1S/C24H26F4O4/c1-15(2)16-5-7-18(8-6-16)24(31-13-22(25,26)23(27,28)14-32-24)19-11-9-17(10-12-19)21(3,4)20(29)30/h5-12,15H,13-14H2,1-4H3,(H,29,30). The van der Waals surface area contributed by atoms with Gasteiger partial charge >= 0.3 is 17.8 Å². The van der Waals surface area contributed by atoms with Crippen LogP contribution in [0.1, 0.15) is 55.9 Å². The van der Waals surface area contributed by atoms with Gasteiger partial charge in [0.1, 0.15) is 13.2 Å². The fraction of sp³-hybridized carbons (Fsp3) is 0.458. The number of benzene rings is 2. The SMILES string of the molecule is CC(C)c1ccc(C2(c3ccc(C(C)(C)C(=O)O)cc3)OCC(F)(F)C(F)(F)CO2)cc1. The van der Waals surface area contributed by atoms with Crippen LogP contribution in [0.5, 0.6) is 0 Å². The van der Waals surface area contributed by atoms with Crippen LogP contribution in [0.25, 0.3) is 0 Å². The van der Waals surface area contributed by atoms with Crippen LogP contribution in [0.3, 0.4) is 0 Å². The molecule has 32 heavy (non-hydrogen) atoms. The molecule has 2 aromatic carbocycles. The molecule has 0 aromatic heterocycles. The maximum atomic E-state index is 14.1. The number of hydrogen-bond donors (Lipinski definition) is 1. The Morgan fingerprint density at radius 3 is 1.66 bits per heavy atom. The molecular weight excluding hydrogens is 428 g/mol. The minimum Gasteiger partial charge on any atom is -0.481 e. The summed E-state index contributed by atoms with van der Waals surface area (Å²) in [6.07, 6.45) is 0. The molecule has 2 aromatic rings. The summed E-state index contributed by atoms with van der Waals surface area (Å²) in [6.45, 7) is 3.90. The number of hydrogen-bond acceptors (Lipinski definition) is 3. The van der Waals surface area contributed by atoms with Gasteiger partial charge < -0.3 is 14.6 Å². The first-order valence-corrected chi connectivity index (χ1v) is 10.2. The zero-order chi connectivity index (χ0) is 23.9. The summed E-state index contributed by atoms with van der Waals surface area (Å²) in [7, 11) is 0. The van der Waals surface area contributed by atoms with Crippen LogP contribution in [0.4, 0.5) is 17.6 Å². The quantitative estimate of drug-likeness (QED) is 0.590. The molecule has 3 rings (SSSR count). The average molecular weight is 454 g/mol. The van der Waals surface area contributed by atoms with Gasteiger partial charge in [-0.2, -0.15) is 17.6 Å². The van der Waals surface area contributed by atoms with E-state index in [2.05, 4.69) is 0 Å². The molecule has 1 heterocycles. The van der Waals surface area contributed by atoms with Crippen molar-refractivity contribution >= 4 is 5.97 Å². The Bertz CT molecular complexity index is 948. The Kier molecular flexibility index (Phi) is 6.17. The topological polar surface area (TPSA) is 55.8 Å². The molecule has 1 fully saturated rings. The molecule has 1 N–H and O–H groups in total. The van der Waals surface area contributed by atoms with Crippen LogP contribution in [-0.4, -0.2) is 36.1 Å². The predicted molar refractivity (Wildman–Crippen MR) is 110 cm³/mol. The molecule has 0 atom stereocenters.